The van der Waals surface area contributed by atoms with Crippen molar-refractivity contribution in [2.24, 2.45) is 0 Å². The highest BCUT2D eigenvalue weighted by molar-refractivity contribution is 7.26. The van der Waals surface area contributed by atoms with Gasteiger partial charge in [0.1, 0.15) is 0 Å². The van der Waals surface area contributed by atoms with Crippen molar-refractivity contribution in [2.45, 2.75) is 19.3 Å². The molecule has 1 aliphatic rings. The molecule has 9 aromatic rings. The average Bonchev–Trinajstić information content (AvgIpc) is 3.64. The van der Waals surface area contributed by atoms with Crippen molar-refractivity contribution in [3.05, 3.63) is 175 Å². The molecule has 0 radical (unpaired) electrons. The van der Waals surface area contributed by atoms with Gasteiger partial charge < -0.3 is 4.90 Å². The molecule has 0 spiro atoms. The molecule has 1 heterocycles. The Morgan fingerprint density at radius 2 is 1.08 bits per heavy atom. The molecule has 8 aromatic carbocycles. The molecule has 1 aromatic heterocycles. The van der Waals surface area contributed by atoms with Crippen LogP contribution in [0.5, 0.6) is 0 Å². The van der Waals surface area contributed by atoms with E-state index in [0.29, 0.717) is 0 Å². The van der Waals surface area contributed by atoms with Crippen molar-refractivity contribution < 1.29 is 0 Å². The predicted octanol–water partition coefficient (Wildman–Crippen LogP) is 13.8. The molecule has 0 saturated carbocycles. The minimum atomic E-state index is -0.0364. The van der Waals surface area contributed by atoms with Crippen LogP contribution in [0.3, 0.4) is 0 Å². The predicted molar refractivity (Wildman–Crippen MR) is 212 cm³/mol. The van der Waals surface area contributed by atoms with E-state index >= 15 is 0 Å². The van der Waals surface area contributed by atoms with Crippen molar-refractivity contribution in [1.29, 1.82) is 0 Å². The number of thiophene rings is 1. The maximum atomic E-state index is 2.44. The highest BCUT2D eigenvalue weighted by Crippen LogP contribution is 2.51. The molecule has 2 heteroatoms. The van der Waals surface area contributed by atoms with E-state index in [0.717, 1.165) is 17.1 Å². The summed E-state index contributed by atoms with van der Waals surface area (Å²) in [6, 6.07) is 60.7. The SMILES string of the molecule is CC1(C)c2ccccc2-c2cc(N(c3ccc(-c4ccc5ccccc5c4)cc3)c3ccc4ccc5sc6ccccc6c5c4c3)ccc21. The fraction of sp³-hybridized carbons (Fsp3) is 0.0638. The summed E-state index contributed by atoms with van der Waals surface area (Å²) < 4.78 is 2.66. The maximum Gasteiger partial charge on any atom is 0.0468 e. The third-order valence-electron chi connectivity index (χ3n) is 10.6. The average molecular weight is 644 g/mol. The lowest BCUT2D eigenvalue weighted by molar-refractivity contribution is 0.660. The van der Waals surface area contributed by atoms with E-state index in [1.807, 2.05) is 11.3 Å². The summed E-state index contributed by atoms with van der Waals surface area (Å²) in [6.45, 7) is 4.70. The van der Waals surface area contributed by atoms with E-state index in [1.165, 1.54) is 75.1 Å². The molecule has 1 nitrogen and oxygen atoms in total. The zero-order valence-corrected chi connectivity index (χ0v) is 28.3. The first-order valence-electron chi connectivity index (χ1n) is 17.0. The zero-order valence-electron chi connectivity index (χ0n) is 27.4. The van der Waals surface area contributed by atoms with Gasteiger partial charge in [-0.2, -0.15) is 0 Å². The summed E-state index contributed by atoms with van der Waals surface area (Å²) in [7, 11) is 0. The van der Waals surface area contributed by atoms with Gasteiger partial charge in [0.15, 0.2) is 0 Å². The van der Waals surface area contributed by atoms with Crippen LogP contribution in [0, 0.1) is 0 Å². The normalized spacial score (nSPS) is 13.3. The van der Waals surface area contributed by atoms with Gasteiger partial charge in [0.25, 0.3) is 0 Å². The fourth-order valence-corrected chi connectivity index (χ4v) is 9.26. The van der Waals surface area contributed by atoms with E-state index in [9.17, 15) is 0 Å². The van der Waals surface area contributed by atoms with Gasteiger partial charge in [0.05, 0.1) is 0 Å². The van der Waals surface area contributed by atoms with Crippen LogP contribution < -0.4 is 4.90 Å². The number of fused-ring (bicyclic) bond motifs is 9. The van der Waals surface area contributed by atoms with Gasteiger partial charge in [-0.1, -0.05) is 123 Å². The Bertz CT molecular complexity index is 2750. The highest BCUT2D eigenvalue weighted by atomic mass is 32.1. The third-order valence-corrected chi connectivity index (χ3v) is 11.8. The number of nitrogens with zero attached hydrogens (tertiary/aromatic N) is 1. The molecular formula is C47H33NS. The van der Waals surface area contributed by atoms with Crippen LogP contribution in [-0.2, 0) is 5.41 Å². The lowest BCUT2D eigenvalue weighted by atomic mass is 9.82. The van der Waals surface area contributed by atoms with E-state index in [-0.39, 0.29) is 5.41 Å². The second-order valence-corrected chi connectivity index (χ2v) is 14.9. The van der Waals surface area contributed by atoms with Gasteiger partial charge in [-0.3, -0.25) is 0 Å². The number of hydrogen-bond acceptors (Lipinski definition) is 2. The summed E-state index contributed by atoms with van der Waals surface area (Å²) in [4.78, 5) is 2.44. The monoisotopic (exact) mass is 643 g/mol. The van der Waals surface area contributed by atoms with E-state index in [1.54, 1.807) is 0 Å². The van der Waals surface area contributed by atoms with Crippen molar-refractivity contribution >= 4 is 70.1 Å². The molecule has 0 unspecified atom stereocenters. The second-order valence-electron chi connectivity index (χ2n) is 13.8. The summed E-state index contributed by atoms with van der Waals surface area (Å²) >= 11 is 1.88. The van der Waals surface area contributed by atoms with Crippen LogP contribution >= 0.6 is 11.3 Å². The minimum absolute atomic E-state index is 0.0364. The molecule has 10 rings (SSSR count). The molecule has 0 aliphatic heterocycles. The number of anilines is 3. The van der Waals surface area contributed by atoms with Crippen molar-refractivity contribution in [1.82, 2.24) is 0 Å². The van der Waals surface area contributed by atoms with Crippen LogP contribution in [0.4, 0.5) is 17.1 Å². The van der Waals surface area contributed by atoms with Crippen molar-refractivity contribution in [3.8, 4) is 22.3 Å². The summed E-state index contributed by atoms with van der Waals surface area (Å²) in [5.74, 6) is 0. The Balaban J connectivity index is 1.17. The van der Waals surface area contributed by atoms with Crippen molar-refractivity contribution in [2.75, 3.05) is 4.90 Å². The summed E-state index contributed by atoms with van der Waals surface area (Å²) in [6.07, 6.45) is 0. The Labute approximate surface area is 290 Å². The first-order chi connectivity index (χ1) is 24.0. The van der Waals surface area contributed by atoms with E-state index < -0.39 is 0 Å². The number of hydrogen-bond donors (Lipinski definition) is 0. The smallest absolute Gasteiger partial charge is 0.0468 e. The van der Waals surface area contributed by atoms with Crippen molar-refractivity contribution in [3.63, 3.8) is 0 Å². The van der Waals surface area contributed by atoms with Gasteiger partial charge in [-0.05, 0) is 110 Å². The van der Waals surface area contributed by atoms with Gasteiger partial charge in [-0.15, -0.1) is 11.3 Å². The van der Waals surface area contributed by atoms with Gasteiger partial charge in [0, 0.05) is 42.6 Å². The Morgan fingerprint density at radius 1 is 0.429 bits per heavy atom. The largest absolute Gasteiger partial charge is 0.310 e. The third kappa shape index (κ3) is 4.38. The zero-order chi connectivity index (χ0) is 32.7. The summed E-state index contributed by atoms with van der Waals surface area (Å²) in [5.41, 5.74) is 11.3. The standard InChI is InChI=1S/C47H33NS/c1-47(2)42-13-7-5-11-38(42)41-29-37(24-25-43(41)47)48(35-21-17-31(18-22-35)34-16-15-30-9-3-4-10-33(30)27-34)36-23-19-32-20-26-45-46(40(32)28-36)39-12-6-8-14-44(39)49-45/h3-29H,1-2H3. The van der Waals surface area contributed by atoms with Crippen LogP contribution in [0.25, 0.3) is 64.0 Å². The molecule has 0 saturated heterocycles. The Morgan fingerprint density at radius 3 is 1.98 bits per heavy atom. The Hall–Kier alpha value is -5.70. The topological polar surface area (TPSA) is 3.24 Å². The van der Waals surface area contributed by atoms with E-state index in [2.05, 4.69) is 183 Å². The fourth-order valence-electron chi connectivity index (χ4n) is 8.14. The summed E-state index contributed by atoms with van der Waals surface area (Å²) in [5, 5.41) is 7.74. The van der Waals surface area contributed by atoms with E-state index in [4.69, 9.17) is 0 Å². The molecule has 232 valence electrons. The highest BCUT2D eigenvalue weighted by Gasteiger charge is 2.35. The molecule has 0 atom stereocenters. The minimum Gasteiger partial charge on any atom is -0.310 e. The maximum absolute atomic E-state index is 2.44. The first kappa shape index (κ1) is 28.3. The molecule has 0 N–H and O–H groups in total. The van der Waals surface area contributed by atoms with Gasteiger partial charge >= 0.3 is 0 Å². The molecule has 1 aliphatic carbocycles. The van der Waals surface area contributed by atoms with Crippen LogP contribution in [0.2, 0.25) is 0 Å². The quantitative estimate of drug-likeness (QED) is 0.184. The van der Waals surface area contributed by atoms with Crippen LogP contribution in [0.15, 0.2) is 164 Å². The van der Waals surface area contributed by atoms with Crippen LogP contribution in [0.1, 0.15) is 25.0 Å². The molecule has 49 heavy (non-hydrogen) atoms. The molecule has 0 bridgehead atoms. The molecule has 0 fully saturated rings. The first-order valence-corrected chi connectivity index (χ1v) is 17.8. The van der Waals surface area contributed by atoms with Gasteiger partial charge in [0.2, 0.25) is 0 Å². The lowest BCUT2D eigenvalue weighted by Crippen LogP contribution is -2.15. The molecular weight excluding hydrogens is 611 g/mol. The molecule has 0 amide bonds. The number of benzene rings is 8. The van der Waals surface area contributed by atoms with Crippen LogP contribution in [-0.4, -0.2) is 0 Å². The van der Waals surface area contributed by atoms with Gasteiger partial charge in [-0.25, -0.2) is 0 Å². The number of rotatable bonds is 4. The second kappa shape index (κ2) is 10.7. The Kier molecular flexibility index (Phi) is 6.16. The lowest BCUT2D eigenvalue weighted by Gasteiger charge is -2.27.